The van der Waals surface area contributed by atoms with Gasteiger partial charge in [-0.3, -0.25) is 14.9 Å². The first kappa shape index (κ1) is 25.6. The molecule has 1 unspecified atom stereocenters. The Hall–Kier alpha value is -2.41. The highest BCUT2D eigenvalue weighted by molar-refractivity contribution is 6.01. The van der Waals surface area contributed by atoms with Crippen LogP contribution in [-0.4, -0.2) is 44.3 Å². The summed E-state index contributed by atoms with van der Waals surface area (Å²) in [6.07, 6.45) is 3.52. The van der Waals surface area contributed by atoms with E-state index >= 15 is 0 Å². The van der Waals surface area contributed by atoms with Crippen LogP contribution in [0.3, 0.4) is 0 Å². The Kier molecular flexibility index (Phi) is 13.4. The zero-order valence-corrected chi connectivity index (χ0v) is 17.8. The van der Waals surface area contributed by atoms with E-state index in [0.29, 0.717) is 32.4 Å². The van der Waals surface area contributed by atoms with Gasteiger partial charge in [0.1, 0.15) is 24.7 Å². The molecular formula is C21H35N3O4. The minimum Gasteiger partial charge on any atom is -0.492 e. The summed E-state index contributed by atoms with van der Waals surface area (Å²) in [5, 5.41) is 2.38. The van der Waals surface area contributed by atoms with Crippen LogP contribution in [0.15, 0.2) is 18.2 Å². The Labute approximate surface area is 168 Å². The number of unbranched alkanes of at least 4 members (excludes halogenated alkanes) is 1. The van der Waals surface area contributed by atoms with Crippen molar-refractivity contribution in [3.63, 3.8) is 0 Å². The number of nitrogens with two attached hydrogens (primary N) is 1. The lowest BCUT2D eigenvalue weighted by Crippen LogP contribution is -2.51. The highest BCUT2D eigenvalue weighted by atomic mass is 16.5. The second-order valence-corrected chi connectivity index (χ2v) is 6.12. The summed E-state index contributed by atoms with van der Waals surface area (Å²) in [7, 11) is 1.86. The molecule has 1 aromatic rings. The standard InChI is InChI=1S/C15H21N3O3.C4H8O.C2H6/c1-10-9-11(21-8-7-16)3-4-12(10)18(2)13-5-6-14(19)17-15(13)20;1-2-3-4-5;1-2/h3-4,9,13H,5-8,16H2,1-2H3,(H,17,19,20);4H,2-3H2,1H3;1-2H3. The maximum Gasteiger partial charge on any atom is 0.249 e. The molecule has 0 spiro atoms. The van der Waals surface area contributed by atoms with E-state index in [1.165, 1.54) is 0 Å². The van der Waals surface area contributed by atoms with Crippen molar-refractivity contribution < 1.29 is 19.1 Å². The predicted molar refractivity (Wildman–Crippen MR) is 113 cm³/mol. The molecule has 1 heterocycles. The molecular weight excluding hydrogens is 358 g/mol. The van der Waals surface area contributed by atoms with Gasteiger partial charge in [-0.05, 0) is 43.5 Å². The van der Waals surface area contributed by atoms with Gasteiger partial charge in [-0.2, -0.15) is 0 Å². The van der Waals surface area contributed by atoms with E-state index in [1.807, 2.05) is 57.8 Å². The second-order valence-electron chi connectivity index (χ2n) is 6.12. The van der Waals surface area contributed by atoms with Gasteiger partial charge in [0.15, 0.2) is 0 Å². The number of likely N-dealkylation sites (N-methyl/N-ethyl adjacent to an activating group) is 1. The first-order valence-electron chi connectivity index (χ1n) is 9.88. The maximum atomic E-state index is 11.9. The topological polar surface area (TPSA) is 102 Å². The molecule has 0 aliphatic carbocycles. The zero-order chi connectivity index (χ0) is 21.5. The number of nitrogens with zero attached hydrogens (tertiary/aromatic N) is 1. The smallest absolute Gasteiger partial charge is 0.249 e. The van der Waals surface area contributed by atoms with Crippen molar-refractivity contribution in [2.24, 2.45) is 5.73 Å². The summed E-state index contributed by atoms with van der Waals surface area (Å²) in [4.78, 5) is 34.5. The molecule has 1 aromatic carbocycles. The Morgan fingerprint density at radius 3 is 2.46 bits per heavy atom. The number of nitrogens with one attached hydrogen (secondary N) is 1. The average molecular weight is 394 g/mol. The molecule has 1 aliphatic heterocycles. The molecule has 3 N–H and O–H groups in total. The van der Waals surface area contributed by atoms with Crippen LogP contribution in [0.5, 0.6) is 5.75 Å². The molecule has 1 fully saturated rings. The summed E-state index contributed by atoms with van der Waals surface area (Å²) in [6.45, 7) is 8.89. The fraction of sp³-hybridized carbons (Fsp3) is 0.571. The summed E-state index contributed by atoms with van der Waals surface area (Å²) >= 11 is 0. The van der Waals surface area contributed by atoms with Crippen LogP contribution in [0.4, 0.5) is 5.69 Å². The first-order valence-corrected chi connectivity index (χ1v) is 9.88. The van der Waals surface area contributed by atoms with Gasteiger partial charge in [-0.15, -0.1) is 0 Å². The van der Waals surface area contributed by atoms with E-state index in [0.717, 1.165) is 29.7 Å². The first-order chi connectivity index (χ1) is 13.4. The number of carbonyl (C=O) groups excluding carboxylic acids is 3. The van der Waals surface area contributed by atoms with Crippen LogP contribution in [0, 0.1) is 6.92 Å². The van der Waals surface area contributed by atoms with Crippen LogP contribution < -0.4 is 20.7 Å². The highest BCUT2D eigenvalue weighted by Crippen LogP contribution is 2.27. The zero-order valence-electron chi connectivity index (χ0n) is 17.8. The lowest BCUT2D eigenvalue weighted by molar-refractivity contribution is -0.134. The third-order valence-electron chi connectivity index (χ3n) is 4.02. The number of aryl methyl sites for hydroxylation is 1. The normalized spacial score (nSPS) is 15.3. The van der Waals surface area contributed by atoms with Gasteiger partial charge < -0.3 is 20.2 Å². The number of ether oxygens (including phenoxy) is 1. The van der Waals surface area contributed by atoms with Crippen LogP contribution in [0.2, 0.25) is 0 Å². The van der Waals surface area contributed by atoms with E-state index in [1.54, 1.807) is 0 Å². The van der Waals surface area contributed by atoms with E-state index in [-0.39, 0.29) is 17.9 Å². The van der Waals surface area contributed by atoms with Gasteiger partial charge in [0.2, 0.25) is 11.8 Å². The van der Waals surface area contributed by atoms with E-state index < -0.39 is 0 Å². The monoisotopic (exact) mass is 393 g/mol. The molecule has 1 aliphatic rings. The van der Waals surface area contributed by atoms with Gasteiger partial charge >= 0.3 is 0 Å². The number of carbonyl (C=O) groups is 3. The fourth-order valence-electron chi connectivity index (χ4n) is 2.63. The maximum absolute atomic E-state index is 11.9. The predicted octanol–water partition coefficient (Wildman–Crippen LogP) is 2.59. The number of amides is 2. The number of anilines is 1. The highest BCUT2D eigenvalue weighted by Gasteiger charge is 2.30. The van der Waals surface area contributed by atoms with Crippen LogP contribution >= 0.6 is 0 Å². The van der Waals surface area contributed by atoms with Crippen molar-refractivity contribution in [2.45, 2.75) is 59.4 Å². The molecule has 28 heavy (non-hydrogen) atoms. The Balaban J connectivity index is 0.000000906. The fourth-order valence-corrected chi connectivity index (χ4v) is 2.63. The van der Waals surface area contributed by atoms with Gasteiger partial charge in [-0.25, -0.2) is 0 Å². The van der Waals surface area contributed by atoms with Crippen LogP contribution in [-0.2, 0) is 14.4 Å². The van der Waals surface area contributed by atoms with Crippen molar-refractivity contribution >= 4 is 23.8 Å². The summed E-state index contributed by atoms with van der Waals surface area (Å²) in [5.74, 6) is 0.321. The average Bonchev–Trinajstić information content (AvgIpc) is 2.68. The number of imide groups is 1. The number of aldehydes is 1. The van der Waals surface area contributed by atoms with Crippen molar-refractivity contribution in [3.8, 4) is 5.75 Å². The largest absolute Gasteiger partial charge is 0.492 e. The van der Waals surface area contributed by atoms with E-state index in [2.05, 4.69) is 5.32 Å². The van der Waals surface area contributed by atoms with Crippen LogP contribution in [0.1, 0.15) is 52.0 Å². The number of piperidine rings is 1. The Morgan fingerprint density at radius 1 is 1.32 bits per heavy atom. The lowest BCUT2D eigenvalue weighted by atomic mass is 10.0. The van der Waals surface area contributed by atoms with E-state index in [9.17, 15) is 14.4 Å². The summed E-state index contributed by atoms with van der Waals surface area (Å²) < 4.78 is 5.48. The molecule has 1 atom stereocenters. The second kappa shape index (κ2) is 14.6. The third-order valence-corrected chi connectivity index (χ3v) is 4.02. The molecule has 158 valence electrons. The van der Waals surface area contributed by atoms with Crippen LogP contribution in [0.25, 0.3) is 0 Å². The lowest BCUT2D eigenvalue weighted by Gasteiger charge is -2.32. The molecule has 7 nitrogen and oxygen atoms in total. The third kappa shape index (κ3) is 8.52. The van der Waals surface area contributed by atoms with Crippen molar-refractivity contribution in [3.05, 3.63) is 23.8 Å². The molecule has 1 saturated heterocycles. The molecule has 2 amide bonds. The summed E-state index contributed by atoms with van der Waals surface area (Å²) in [6, 6.07) is 5.38. The van der Waals surface area contributed by atoms with Crippen molar-refractivity contribution in [1.29, 1.82) is 0 Å². The minimum atomic E-state index is -0.322. The number of hydrogen-bond donors (Lipinski definition) is 2. The van der Waals surface area contributed by atoms with Gasteiger partial charge in [-0.1, -0.05) is 20.8 Å². The Morgan fingerprint density at radius 2 is 2.00 bits per heavy atom. The van der Waals surface area contributed by atoms with E-state index in [4.69, 9.17) is 10.5 Å². The van der Waals surface area contributed by atoms with Crippen molar-refractivity contribution in [1.82, 2.24) is 5.32 Å². The summed E-state index contributed by atoms with van der Waals surface area (Å²) in [5.41, 5.74) is 7.37. The molecule has 0 aromatic heterocycles. The van der Waals surface area contributed by atoms with Gasteiger partial charge in [0, 0.05) is 32.1 Å². The quantitative estimate of drug-likeness (QED) is 0.545. The number of rotatable bonds is 7. The Bertz CT molecular complexity index is 620. The molecule has 0 saturated carbocycles. The number of hydrogen-bond acceptors (Lipinski definition) is 6. The van der Waals surface area contributed by atoms with Gasteiger partial charge in [0.25, 0.3) is 0 Å². The molecule has 7 heteroatoms. The number of benzene rings is 1. The minimum absolute atomic E-state index is 0.202. The molecule has 0 bridgehead atoms. The molecule has 0 radical (unpaired) electrons. The van der Waals surface area contributed by atoms with Crippen molar-refractivity contribution in [2.75, 3.05) is 25.1 Å². The molecule has 2 rings (SSSR count). The SMILES string of the molecule is CC.CCCC=O.Cc1cc(OCCN)ccc1N(C)C1CCC(=O)NC1=O. The van der Waals surface area contributed by atoms with Gasteiger partial charge in [0.05, 0.1) is 0 Å².